The second kappa shape index (κ2) is 4.58. The van der Waals surface area contributed by atoms with Crippen LogP contribution in [0.4, 0.5) is 0 Å². The van der Waals surface area contributed by atoms with Gasteiger partial charge in [-0.15, -0.1) is 0 Å². The third kappa shape index (κ3) is 2.67. The molecule has 76 valence electrons. The van der Waals surface area contributed by atoms with E-state index in [0.29, 0.717) is 13.2 Å². The maximum absolute atomic E-state index is 11.3. The van der Waals surface area contributed by atoms with Crippen molar-refractivity contribution in [1.82, 2.24) is 4.90 Å². The quantitative estimate of drug-likeness (QED) is 0.674. The Kier molecular flexibility index (Phi) is 3.69. The molecule has 4 nitrogen and oxygen atoms in total. The van der Waals surface area contributed by atoms with Gasteiger partial charge in [0, 0.05) is 26.3 Å². The molecule has 1 N–H and O–H groups in total. The molecule has 0 spiro atoms. The first-order valence-electron chi connectivity index (χ1n) is 4.61. The average molecular weight is 187 g/mol. The number of hydrogen-bond donors (Lipinski definition) is 1. The third-order valence-electron chi connectivity index (χ3n) is 2.41. The lowest BCUT2D eigenvalue weighted by Gasteiger charge is -2.23. The van der Waals surface area contributed by atoms with Crippen LogP contribution >= 0.6 is 0 Å². The van der Waals surface area contributed by atoms with Crippen LogP contribution in [0.5, 0.6) is 0 Å². The topological polar surface area (TPSA) is 49.8 Å². The molecule has 1 rings (SSSR count). The normalized spacial score (nSPS) is 25.3. The number of likely N-dealkylation sites (tertiary alicyclic amines) is 1. The second-order valence-electron chi connectivity index (χ2n) is 3.53. The average Bonchev–Trinajstić information content (AvgIpc) is 2.41. The molecule has 1 amide bonds. The van der Waals surface area contributed by atoms with E-state index in [4.69, 9.17) is 4.74 Å². The molecule has 1 aliphatic rings. The fourth-order valence-corrected chi connectivity index (χ4v) is 1.58. The lowest BCUT2D eigenvalue weighted by molar-refractivity contribution is -0.129. The summed E-state index contributed by atoms with van der Waals surface area (Å²) in [5.74, 6) is 0.0519. The van der Waals surface area contributed by atoms with Crippen molar-refractivity contribution in [3.63, 3.8) is 0 Å². The van der Waals surface area contributed by atoms with Gasteiger partial charge in [-0.05, 0) is 13.3 Å². The Bertz CT molecular complexity index is 184. The number of β-amino-alcohol motifs (C(OH)–C–C–N with tert-alkyl or cyclic N) is 1. The number of carbonyl (C=O) groups is 1. The van der Waals surface area contributed by atoms with E-state index in [2.05, 4.69) is 0 Å². The van der Waals surface area contributed by atoms with Gasteiger partial charge >= 0.3 is 0 Å². The summed E-state index contributed by atoms with van der Waals surface area (Å²) in [6, 6.07) is 0.171. The summed E-state index contributed by atoms with van der Waals surface area (Å²) < 4.78 is 4.93. The SMILES string of the molecule is COCCC(C)N1CC(O)CC1=O. The van der Waals surface area contributed by atoms with Crippen LogP contribution < -0.4 is 0 Å². The molecule has 0 saturated carbocycles. The molecule has 2 atom stereocenters. The van der Waals surface area contributed by atoms with Crippen molar-refractivity contribution < 1.29 is 14.6 Å². The van der Waals surface area contributed by atoms with E-state index >= 15 is 0 Å². The number of amides is 1. The molecule has 1 saturated heterocycles. The zero-order valence-corrected chi connectivity index (χ0v) is 8.19. The van der Waals surface area contributed by atoms with Crippen molar-refractivity contribution in [2.24, 2.45) is 0 Å². The highest BCUT2D eigenvalue weighted by Crippen LogP contribution is 2.15. The van der Waals surface area contributed by atoms with Gasteiger partial charge in [0.25, 0.3) is 0 Å². The molecular formula is C9H17NO3. The molecule has 1 fully saturated rings. The molecule has 0 radical (unpaired) electrons. The van der Waals surface area contributed by atoms with Gasteiger partial charge in [0.1, 0.15) is 0 Å². The standard InChI is InChI=1S/C9H17NO3/c1-7(3-4-13-2)10-6-8(11)5-9(10)12/h7-8,11H,3-6H2,1-2H3. The molecular weight excluding hydrogens is 170 g/mol. The van der Waals surface area contributed by atoms with Crippen LogP contribution in [0.1, 0.15) is 19.8 Å². The van der Waals surface area contributed by atoms with Crippen LogP contribution in [0.3, 0.4) is 0 Å². The van der Waals surface area contributed by atoms with Gasteiger partial charge in [0.15, 0.2) is 0 Å². The highest BCUT2D eigenvalue weighted by atomic mass is 16.5. The van der Waals surface area contributed by atoms with E-state index in [1.807, 2.05) is 6.92 Å². The van der Waals surface area contributed by atoms with Crippen molar-refractivity contribution >= 4 is 5.91 Å². The monoisotopic (exact) mass is 187 g/mol. The number of methoxy groups -OCH3 is 1. The molecule has 0 bridgehead atoms. The Hall–Kier alpha value is -0.610. The Balaban J connectivity index is 2.38. The molecule has 1 aliphatic heterocycles. The first kappa shape index (κ1) is 10.5. The van der Waals surface area contributed by atoms with Crippen molar-refractivity contribution in [1.29, 1.82) is 0 Å². The smallest absolute Gasteiger partial charge is 0.225 e. The molecule has 13 heavy (non-hydrogen) atoms. The molecule has 4 heteroatoms. The van der Waals surface area contributed by atoms with Crippen molar-refractivity contribution in [3.8, 4) is 0 Å². The zero-order chi connectivity index (χ0) is 9.84. The summed E-state index contributed by atoms with van der Waals surface area (Å²) in [5, 5.41) is 9.25. The molecule has 2 unspecified atom stereocenters. The summed E-state index contributed by atoms with van der Waals surface area (Å²) in [6.45, 7) is 3.11. The minimum absolute atomic E-state index is 0.0519. The fourth-order valence-electron chi connectivity index (χ4n) is 1.58. The number of rotatable bonds is 4. The summed E-state index contributed by atoms with van der Waals surface area (Å²) in [5.41, 5.74) is 0. The molecule has 1 heterocycles. The Labute approximate surface area is 78.5 Å². The van der Waals surface area contributed by atoms with Gasteiger partial charge in [-0.25, -0.2) is 0 Å². The third-order valence-corrected chi connectivity index (χ3v) is 2.41. The fraction of sp³-hybridized carbons (Fsp3) is 0.889. The first-order chi connectivity index (χ1) is 6.15. The molecule has 0 aromatic rings. The summed E-state index contributed by atoms with van der Waals surface area (Å²) in [6.07, 6.45) is 0.629. The van der Waals surface area contributed by atoms with Crippen molar-refractivity contribution in [2.45, 2.75) is 31.9 Å². The predicted octanol–water partition coefficient (Wildman–Crippen LogP) is 0.00460. The molecule has 0 aliphatic carbocycles. The van der Waals surface area contributed by atoms with Crippen LogP contribution in [0.2, 0.25) is 0 Å². The lowest BCUT2D eigenvalue weighted by atomic mass is 10.2. The first-order valence-corrected chi connectivity index (χ1v) is 4.61. The van der Waals surface area contributed by atoms with E-state index in [1.54, 1.807) is 12.0 Å². The Morgan fingerprint density at radius 1 is 1.77 bits per heavy atom. The maximum Gasteiger partial charge on any atom is 0.225 e. The number of nitrogens with zero attached hydrogens (tertiary/aromatic N) is 1. The van der Waals surface area contributed by atoms with Gasteiger partial charge in [0.2, 0.25) is 5.91 Å². The van der Waals surface area contributed by atoms with Gasteiger partial charge < -0.3 is 14.7 Å². The number of aliphatic hydroxyl groups is 1. The van der Waals surface area contributed by atoms with Gasteiger partial charge in [-0.3, -0.25) is 4.79 Å². The number of carbonyl (C=O) groups excluding carboxylic acids is 1. The minimum atomic E-state index is -0.475. The van der Waals surface area contributed by atoms with Gasteiger partial charge in [-0.2, -0.15) is 0 Å². The van der Waals surface area contributed by atoms with Crippen LogP contribution in [0, 0.1) is 0 Å². The van der Waals surface area contributed by atoms with Crippen LogP contribution in [0.25, 0.3) is 0 Å². The lowest BCUT2D eigenvalue weighted by Crippen LogP contribution is -2.35. The summed E-state index contributed by atoms with van der Waals surface area (Å²) in [4.78, 5) is 13.0. The highest BCUT2D eigenvalue weighted by molar-refractivity contribution is 5.79. The van der Waals surface area contributed by atoms with Gasteiger partial charge in [0.05, 0.1) is 12.5 Å². The maximum atomic E-state index is 11.3. The van der Waals surface area contributed by atoms with E-state index in [0.717, 1.165) is 6.42 Å². The van der Waals surface area contributed by atoms with Crippen LogP contribution in [-0.2, 0) is 9.53 Å². The van der Waals surface area contributed by atoms with E-state index in [-0.39, 0.29) is 18.4 Å². The largest absolute Gasteiger partial charge is 0.391 e. The predicted molar refractivity (Wildman–Crippen MR) is 48.3 cm³/mol. The Morgan fingerprint density at radius 3 is 2.92 bits per heavy atom. The van der Waals surface area contributed by atoms with Crippen molar-refractivity contribution in [2.75, 3.05) is 20.3 Å². The molecule has 0 aromatic heterocycles. The van der Waals surface area contributed by atoms with E-state index in [1.165, 1.54) is 0 Å². The zero-order valence-electron chi connectivity index (χ0n) is 8.19. The summed E-state index contributed by atoms with van der Waals surface area (Å²) in [7, 11) is 1.65. The van der Waals surface area contributed by atoms with Crippen LogP contribution in [-0.4, -0.2) is 48.3 Å². The second-order valence-corrected chi connectivity index (χ2v) is 3.53. The minimum Gasteiger partial charge on any atom is -0.391 e. The van der Waals surface area contributed by atoms with Crippen LogP contribution in [0.15, 0.2) is 0 Å². The number of aliphatic hydroxyl groups excluding tert-OH is 1. The van der Waals surface area contributed by atoms with Gasteiger partial charge in [-0.1, -0.05) is 0 Å². The highest BCUT2D eigenvalue weighted by Gasteiger charge is 2.30. The van der Waals surface area contributed by atoms with Crippen molar-refractivity contribution in [3.05, 3.63) is 0 Å². The van der Waals surface area contributed by atoms with E-state index in [9.17, 15) is 9.90 Å². The Morgan fingerprint density at radius 2 is 2.46 bits per heavy atom. The number of hydrogen-bond acceptors (Lipinski definition) is 3. The summed E-state index contributed by atoms with van der Waals surface area (Å²) >= 11 is 0. The molecule has 0 aromatic carbocycles. The van der Waals surface area contributed by atoms with E-state index < -0.39 is 6.10 Å². The number of ether oxygens (including phenoxy) is 1.